The van der Waals surface area contributed by atoms with Crippen molar-refractivity contribution in [1.82, 2.24) is 14.8 Å². The van der Waals surface area contributed by atoms with Crippen molar-refractivity contribution in [1.29, 1.82) is 5.26 Å². The van der Waals surface area contributed by atoms with Crippen LogP contribution >= 0.6 is 11.3 Å². The molecule has 5 rings (SSSR count). The van der Waals surface area contributed by atoms with E-state index in [1.165, 1.54) is 9.80 Å². The Kier molecular flexibility index (Phi) is 10.8. The highest BCUT2D eigenvalue weighted by Gasteiger charge is 2.56. The average Bonchev–Trinajstić information content (AvgIpc) is 3.58. The number of amides is 2. The summed E-state index contributed by atoms with van der Waals surface area (Å²) in [4.78, 5) is 34.3. The van der Waals surface area contributed by atoms with Gasteiger partial charge in [-0.15, -0.1) is 11.3 Å². The predicted octanol–water partition coefficient (Wildman–Crippen LogP) is 6.99. The van der Waals surface area contributed by atoms with E-state index in [1.54, 1.807) is 6.92 Å². The highest BCUT2D eigenvalue weighted by molar-refractivity contribution is 7.10. The van der Waals surface area contributed by atoms with Crippen LogP contribution in [0.15, 0.2) is 54.2 Å². The first kappa shape index (κ1) is 37.1. The van der Waals surface area contributed by atoms with Crippen molar-refractivity contribution in [2.75, 3.05) is 26.2 Å². The molecule has 0 saturated carbocycles. The van der Waals surface area contributed by atoms with E-state index in [9.17, 15) is 41.2 Å². The van der Waals surface area contributed by atoms with Crippen molar-refractivity contribution in [2.45, 2.75) is 81.3 Å². The molecule has 2 atom stereocenters. The molecule has 2 saturated heterocycles. The van der Waals surface area contributed by atoms with E-state index >= 15 is 0 Å². The maximum Gasteiger partial charge on any atom is 0.425 e. The van der Waals surface area contributed by atoms with Crippen molar-refractivity contribution in [3.8, 4) is 11.8 Å². The summed E-state index contributed by atoms with van der Waals surface area (Å²) < 4.78 is 89.3. The van der Waals surface area contributed by atoms with Gasteiger partial charge in [0.15, 0.2) is 0 Å². The summed E-state index contributed by atoms with van der Waals surface area (Å²) in [5.41, 5.74) is 2.81. The van der Waals surface area contributed by atoms with E-state index in [1.807, 2.05) is 24.3 Å². The first-order valence-corrected chi connectivity index (χ1v) is 17.2. The number of benzene rings is 1. The van der Waals surface area contributed by atoms with Gasteiger partial charge < -0.3 is 20.3 Å². The number of thiophene rings is 1. The number of nitriles is 1. The topological polar surface area (TPSA) is 113 Å². The normalized spacial score (nSPS) is 21.1. The molecule has 2 amide bonds. The van der Waals surface area contributed by atoms with Gasteiger partial charge in [-0.1, -0.05) is 37.6 Å². The van der Waals surface area contributed by atoms with Gasteiger partial charge in [0.1, 0.15) is 10.6 Å². The Morgan fingerprint density at radius 1 is 1.08 bits per heavy atom. The van der Waals surface area contributed by atoms with Gasteiger partial charge in [0, 0.05) is 49.9 Å². The van der Waals surface area contributed by atoms with E-state index in [2.05, 4.69) is 11.1 Å². The SMILES string of the molecule is CCC[C@H]1N(C(=O)c2cnccc2C(F)(F)F)CCC[C@@]1(Oc1csc(C(F)(F)F)c1)C(=O)N1CCC(C#N)(c2ccccc2CCN)CC1. The second kappa shape index (κ2) is 14.6. The molecule has 268 valence electrons. The zero-order chi connectivity index (χ0) is 36.3. The lowest BCUT2D eigenvalue weighted by atomic mass is 9.71. The number of carbonyl (C=O) groups is 2. The van der Waals surface area contributed by atoms with E-state index in [0.717, 1.165) is 35.0 Å². The Morgan fingerprint density at radius 3 is 2.42 bits per heavy atom. The molecule has 0 aliphatic carbocycles. The number of piperidine rings is 2. The summed E-state index contributed by atoms with van der Waals surface area (Å²) in [5, 5.41) is 11.6. The molecular formula is C35H37F6N5O3S. The molecule has 0 unspecified atom stereocenters. The van der Waals surface area contributed by atoms with Gasteiger partial charge in [-0.2, -0.15) is 31.6 Å². The maximum atomic E-state index is 14.9. The minimum atomic E-state index is -4.87. The highest BCUT2D eigenvalue weighted by atomic mass is 32.1. The molecule has 2 fully saturated rings. The summed E-state index contributed by atoms with van der Waals surface area (Å²) in [6, 6.07) is 10.3. The molecule has 0 radical (unpaired) electrons. The maximum absolute atomic E-state index is 14.9. The van der Waals surface area contributed by atoms with Crippen LogP contribution in [0.4, 0.5) is 26.3 Å². The minimum Gasteiger partial charge on any atom is -0.474 e. The third-order valence-electron chi connectivity index (χ3n) is 9.62. The van der Waals surface area contributed by atoms with Crippen LogP contribution in [0.3, 0.4) is 0 Å². The second-order valence-electron chi connectivity index (χ2n) is 12.6. The molecule has 2 aliphatic heterocycles. The van der Waals surface area contributed by atoms with Gasteiger partial charge in [-0.3, -0.25) is 14.6 Å². The van der Waals surface area contributed by atoms with Crippen molar-refractivity contribution in [3.05, 3.63) is 81.3 Å². The van der Waals surface area contributed by atoms with Crippen LogP contribution < -0.4 is 10.5 Å². The first-order valence-electron chi connectivity index (χ1n) is 16.4. The Bertz CT molecular complexity index is 1730. The first-order chi connectivity index (χ1) is 23.7. The van der Waals surface area contributed by atoms with Crippen LogP contribution in [0.2, 0.25) is 0 Å². The average molecular weight is 722 g/mol. The van der Waals surface area contributed by atoms with Gasteiger partial charge >= 0.3 is 12.4 Å². The van der Waals surface area contributed by atoms with Crippen LogP contribution in [-0.4, -0.2) is 64.4 Å². The lowest BCUT2D eigenvalue weighted by Crippen LogP contribution is -2.68. The van der Waals surface area contributed by atoms with Crippen molar-refractivity contribution in [3.63, 3.8) is 0 Å². The number of nitrogens with two attached hydrogens (primary N) is 1. The Balaban J connectivity index is 1.55. The zero-order valence-electron chi connectivity index (χ0n) is 27.3. The van der Waals surface area contributed by atoms with E-state index in [0.29, 0.717) is 36.8 Å². The van der Waals surface area contributed by atoms with Crippen LogP contribution in [0.1, 0.15) is 77.4 Å². The Labute approximate surface area is 289 Å². The van der Waals surface area contributed by atoms with Crippen molar-refractivity contribution < 1.29 is 40.7 Å². The number of alkyl halides is 6. The predicted molar refractivity (Wildman–Crippen MR) is 173 cm³/mol. The van der Waals surface area contributed by atoms with Gasteiger partial charge in [-0.25, -0.2) is 0 Å². The number of hydrogen-bond donors (Lipinski definition) is 1. The zero-order valence-corrected chi connectivity index (χ0v) is 28.1. The number of likely N-dealkylation sites (tertiary alicyclic amines) is 2. The Hall–Kier alpha value is -4.16. The van der Waals surface area contributed by atoms with Crippen molar-refractivity contribution in [2.24, 2.45) is 5.73 Å². The van der Waals surface area contributed by atoms with E-state index in [4.69, 9.17) is 10.5 Å². The molecule has 2 aliphatic rings. The molecular weight excluding hydrogens is 684 g/mol. The number of hydrogen-bond acceptors (Lipinski definition) is 7. The number of carbonyl (C=O) groups excluding carboxylic acids is 2. The van der Waals surface area contributed by atoms with Crippen molar-refractivity contribution >= 4 is 23.2 Å². The molecule has 4 heterocycles. The molecule has 3 aromatic rings. The molecule has 1 aromatic carbocycles. The number of rotatable bonds is 9. The largest absolute Gasteiger partial charge is 0.474 e. The molecule has 2 aromatic heterocycles. The molecule has 0 spiro atoms. The second-order valence-corrected chi connectivity index (χ2v) is 13.6. The number of halogens is 6. The summed E-state index contributed by atoms with van der Waals surface area (Å²) in [7, 11) is 0. The summed E-state index contributed by atoms with van der Waals surface area (Å²) in [5.74, 6) is -1.84. The van der Waals surface area contributed by atoms with Gasteiger partial charge in [0.05, 0.1) is 28.7 Å². The molecule has 50 heavy (non-hydrogen) atoms. The number of aromatic nitrogens is 1. The summed E-state index contributed by atoms with van der Waals surface area (Å²) >= 11 is 0.386. The van der Waals surface area contributed by atoms with Crippen LogP contribution in [0.5, 0.6) is 5.75 Å². The monoisotopic (exact) mass is 721 g/mol. The Morgan fingerprint density at radius 2 is 1.80 bits per heavy atom. The highest BCUT2D eigenvalue weighted by Crippen LogP contribution is 2.44. The lowest BCUT2D eigenvalue weighted by molar-refractivity contribution is -0.160. The van der Waals surface area contributed by atoms with E-state index in [-0.39, 0.29) is 57.5 Å². The summed E-state index contributed by atoms with van der Waals surface area (Å²) in [6.45, 7) is 2.32. The summed E-state index contributed by atoms with van der Waals surface area (Å²) in [6.07, 6.45) is -6.15. The van der Waals surface area contributed by atoms with Gasteiger partial charge in [0.25, 0.3) is 11.8 Å². The van der Waals surface area contributed by atoms with E-state index < -0.39 is 57.2 Å². The van der Waals surface area contributed by atoms with Crippen LogP contribution in [-0.2, 0) is 29.0 Å². The lowest BCUT2D eigenvalue weighted by Gasteiger charge is -2.51. The van der Waals surface area contributed by atoms with Crippen LogP contribution in [0, 0.1) is 11.3 Å². The fourth-order valence-corrected chi connectivity index (χ4v) is 7.94. The third kappa shape index (κ3) is 7.18. The smallest absolute Gasteiger partial charge is 0.425 e. The number of nitrogens with zero attached hydrogens (tertiary/aromatic N) is 4. The molecule has 8 nitrogen and oxygen atoms in total. The minimum absolute atomic E-state index is 0.00410. The molecule has 15 heteroatoms. The fraction of sp³-hybridized carbons (Fsp3) is 0.486. The number of ether oxygens (including phenoxy) is 1. The standard InChI is InChI=1S/C35H37F6N5O3S/c1-2-6-28-33(49-24-19-29(50-21-24)35(39,40)41,11-5-16-46(28)30(47)25-20-44-15-10-27(25)34(36,37)38)31(48)45-17-12-32(22-43,13-18-45)26-8-4-3-7-23(26)9-14-42/h3-4,7-8,10,15,19-21,28H,2,5-6,9,11-14,16-18,42H2,1H3/t28-,33+/m1/s1. The quantitative estimate of drug-likeness (QED) is 0.239. The number of pyridine rings is 1. The van der Waals surface area contributed by atoms with Gasteiger partial charge in [-0.05, 0) is 55.8 Å². The molecule has 2 N–H and O–H groups in total. The third-order valence-corrected chi connectivity index (χ3v) is 10.6. The van der Waals surface area contributed by atoms with Gasteiger partial charge in [0.2, 0.25) is 5.60 Å². The molecule has 0 bridgehead atoms. The fourth-order valence-electron chi connectivity index (χ4n) is 7.26. The van der Waals surface area contributed by atoms with Crippen LogP contribution in [0.25, 0.3) is 0 Å².